The quantitative estimate of drug-likeness (QED) is 0.136. The highest BCUT2D eigenvalue weighted by Crippen LogP contribution is 2.37. The van der Waals surface area contributed by atoms with Crippen molar-refractivity contribution in [1.29, 1.82) is 0 Å². The van der Waals surface area contributed by atoms with Crippen molar-refractivity contribution in [3.63, 3.8) is 0 Å². The maximum atomic E-state index is 13.0. The molecule has 0 aliphatic carbocycles. The number of nitrogens with one attached hydrogen (secondary N) is 1. The van der Waals surface area contributed by atoms with Gasteiger partial charge in [0.25, 0.3) is 11.1 Å². The molecular weight excluding hydrogens is 691 g/mol. The summed E-state index contributed by atoms with van der Waals surface area (Å²) in [4.78, 5) is 63.0. The van der Waals surface area contributed by atoms with Gasteiger partial charge in [0.2, 0.25) is 5.91 Å². The van der Waals surface area contributed by atoms with E-state index in [-0.39, 0.29) is 34.4 Å². The Morgan fingerprint density at radius 2 is 1.90 bits per heavy atom. The molecule has 1 saturated heterocycles. The summed E-state index contributed by atoms with van der Waals surface area (Å²) in [6.45, 7) is 1.35. The number of hydrogen-bond acceptors (Lipinski definition) is 10. The number of amides is 3. The topological polar surface area (TPSA) is 138 Å². The number of carbonyl (C=O) groups excluding carboxylic acids is 5. The summed E-state index contributed by atoms with van der Waals surface area (Å²) in [7, 11) is 2.67. The van der Waals surface area contributed by atoms with Crippen LogP contribution in [0.4, 0.5) is 10.5 Å². The number of thioether (sulfide) groups is 1. The smallest absolute Gasteiger partial charge is 0.343 e. The summed E-state index contributed by atoms with van der Waals surface area (Å²) in [6.07, 6.45) is 3.05. The van der Waals surface area contributed by atoms with E-state index >= 15 is 0 Å². The highest BCUT2D eigenvalue weighted by molar-refractivity contribution is 14.1. The van der Waals surface area contributed by atoms with E-state index in [4.69, 9.17) is 25.8 Å². The SMILES string of the molecule is CCCCOC(=O)c1cc(NC(=O)CN2C(=O)S/C(=C\c3cc(I)c(OCC(=O)OC)c(OC)c3)C2=O)ccc1Cl. The monoisotopic (exact) mass is 716 g/mol. The molecule has 3 rings (SSSR count). The van der Waals surface area contributed by atoms with Crippen molar-refractivity contribution < 1.29 is 42.9 Å². The van der Waals surface area contributed by atoms with Crippen LogP contribution in [0.2, 0.25) is 5.02 Å². The second-order valence-electron chi connectivity index (χ2n) is 8.40. The fourth-order valence-electron chi connectivity index (χ4n) is 3.43. The van der Waals surface area contributed by atoms with Crippen molar-refractivity contribution in [3.05, 3.63) is 55.0 Å². The Balaban J connectivity index is 1.70. The molecule has 14 heteroatoms. The molecule has 1 aliphatic rings. The van der Waals surface area contributed by atoms with E-state index in [0.717, 1.165) is 11.3 Å². The number of carbonyl (C=O) groups is 5. The van der Waals surface area contributed by atoms with Crippen molar-refractivity contribution in [1.82, 2.24) is 4.90 Å². The number of rotatable bonds is 12. The maximum absolute atomic E-state index is 13.0. The largest absolute Gasteiger partial charge is 0.493 e. The van der Waals surface area contributed by atoms with Crippen LogP contribution in [-0.4, -0.2) is 67.9 Å². The molecular formula is C27H26ClIN2O9S. The second kappa shape index (κ2) is 15.1. The van der Waals surface area contributed by atoms with Gasteiger partial charge in [0.15, 0.2) is 18.1 Å². The first-order valence-corrected chi connectivity index (χ1v) is 14.4. The van der Waals surface area contributed by atoms with Crippen LogP contribution in [0.25, 0.3) is 6.08 Å². The number of anilines is 1. The third kappa shape index (κ3) is 8.60. The zero-order chi connectivity index (χ0) is 30.1. The number of halogens is 2. The normalized spacial score (nSPS) is 13.8. The van der Waals surface area contributed by atoms with Crippen molar-refractivity contribution in [2.24, 2.45) is 0 Å². The number of ether oxygens (including phenoxy) is 4. The van der Waals surface area contributed by atoms with Crippen LogP contribution in [-0.2, 0) is 23.9 Å². The lowest BCUT2D eigenvalue weighted by atomic mass is 10.2. The molecule has 1 fully saturated rings. The molecule has 2 aromatic rings. The Hall–Kier alpha value is -3.30. The number of nitrogens with zero attached hydrogens (tertiary/aromatic N) is 1. The lowest BCUT2D eigenvalue weighted by Crippen LogP contribution is -2.36. The molecule has 0 radical (unpaired) electrons. The third-order valence-electron chi connectivity index (χ3n) is 5.49. The molecule has 0 unspecified atom stereocenters. The highest BCUT2D eigenvalue weighted by Gasteiger charge is 2.36. The summed E-state index contributed by atoms with van der Waals surface area (Å²) < 4.78 is 21.2. The predicted octanol–water partition coefficient (Wildman–Crippen LogP) is 5.14. The van der Waals surface area contributed by atoms with Crippen LogP contribution in [0.1, 0.15) is 35.7 Å². The van der Waals surface area contributed by atoms with Crippen LogP contribution in [0.15, 0.2) is 35.2 Å². The first-order chi connectivity index (χ1) is 19.6. The van der Waals surface area contributed by atoms with E-state index in [9.17, 15) is 24.0 Å². The summed E-state index contributed by atoms with van der Waals surface area (Å²) in [5.74, 6) is -1.85. The molecule has 0 atom stereocenters. The van der Waals surface area contributed by atoms with Gasteiger partial charge in [-0.1, -0.05) is 24.9 Å². The van der Waals surface area contributed by atoms with Gasteiger partial charge in [0, 0.05) is 5.69 Å². The molecule has 2 aromatic carbocycles. The summed E-state index contributed by atoms with van der Waals surface area (Å²) in [5.41, 5.74) is 0.869. The van der Waals surface area contributed by atoms with Crippen molar-refractivity contribution in [2.45, 2.75) is 19.8 Å². The summed E-state index contributed by atoms with van der Waals surface area (Å²) in [6, 6.07) is 7.57. The summed E-state index contributed by atoms with van der Waals surface area (Å²) in [5, 5.41) is 2.12. The van der Waals surface area contributed by atoms with Crippen LogP contribution in [0, 0.1) is 3.57 Å². The van der Waals surface area contributed by atoms with Crippen LogP contribution in [0.5, 0.6) is 11.5 Å². The standard InChI is InChI=1S/C27H26ClIN2O9S/c1-4-5-8-39-26(35)17-12-16(6-7-18(17)28)30-22(32)13-31-25(34)21(41-27(31)36)11-15-9-19(29)24(20(10-15)37-2)40-14-23(33)38-3/h6-7,9-12H,4-5,8,13-14H2,1-3H3,(H,30,32)/b21-11-. The molecule has 1 N–H and O–H groups in total. The first kappa shape index (κ1) is 32.2. The number of esters is 2. The van der Waals surface area contributed by atoms with Gasteiger partial charge in [0.1, 0.15) is 6.54 Å². The first-order valence-electron chi connectivity index (χ1n) is 12.2. The van der Waals surface area contributed by atoms with Gasteiger partial charge in [-0.25, -0.2) is 9.59 Å². The molecule has 41 heavy (non-hydrogen) atoms. The van der Waals surface area contributed by atoms with Gasteiger partial charge in [-0.2, -0.15) is 0 Å². The van der Waals surface area contributed by atoms with Gasteiger partial charge in [-0.3, -0.25) is 19.3 Å². The molecule has 0 aromatic heterocycles. The minimum atomic E-state index is -0.649. The predicted molar refractivity (Wildman–Crippen MR) is 161 cm³/mol. The molecule has 0 bridgehead atoms. The average molecular weight is 717 g/mol. The number of unbranched alkanes of at least 4 members (excludes halogenated alkanes) is 1. The number of methoxy groups -OCH3 is 2. The van der Waals surface area contributed by atoms with Crippen molar-refractivity contribution in [2.75, 3.05) is 39.3 Å². The lowest BCUT2D eigenvalue weighted by Gasteiger charge is -2.14. The Bertz CT molecular complexity index is 1400. The van der Waals surface area contributed by atoms with Gasteiger partial charge >= 0.3 is 11.9 Å². The van der Waals surface area contributed by atoms with E-state index in [1.54, 1.807) is 12.1 Å². The number of benzene rings is 2. The Labute approximate surface area is 259 Å². The van der Waals surface area contributed by atoms with E-state index in [1.165, 1.54) is 38.5 Å². The third-order valence-corrected chi connectivity index (χ3v) is 7.53. The summed E-state index contributed by atoms with van der Waals surface area (Å²) >= 11 is 8.79. The van der Waals surface area contributed by atoms with Crippen LogP contribution in [0.3, 0.4) is 0 Å². The molecule has 218 valence electrons. The number of imide groups is 1. The Kier molecular flexibility index (Phi) is 11.8. The molecule has 3 amide bonds. The van der Waals surface area contributed by atoms with Gasteiger partial charge in [0.05, 0.1) is 39.9 Å². The molecule has 0 spiro atoms. The molecule has 1 heterocycles. The average Bonchev–Trinajstić information content (AvgIpc) is 3.20. The Morgan fingerprint density at radius 3 is 2.59 bits per heavy atom. The zero-order valence-electron chi connectivity index (χ0n) is 22.3. The molecule has 1 aliphatic heterocycles. The minimum absolute atomic E-state index is 0.0847. The van der Waals surface area contributed by atoms with E-state index in [2.05, 4.69) is 10.1 Å². The van der Waals surface area contributed by atoms with Gasteiger partial charge in [-0.05, 0) is 82.7 Å². The van der Waals surface area contributed by atoms with Gasteiger partial charge in [-0.15, -0.1) is 0 Å². The second-order valence-corrected chi connectivity index (χ2v) is 11.0. The zero-order valence-corrected chi connectivity index (χ0v) is 26.0. The van der Waals surface area contributed by atoms with Gasteiger partial charge < -0.3 is 24.3 Å². The van der Waals surface area contributed by atoms with Crippen LogP contribution < -0.4 is 14.8 Å². The lowest BCUT2D eigenvalue weighted by molar-refractivity contribution is -0.143. The Morgan fingerprint density at radius 1 is 1.15 bits per heavy atom. The van der Waals surface area contributed by atoms with E-state index in [1.807, 2.05) is 29.5 Å². The number of hydrogen-bond donors (Lipinski definition) is 1. The van der Waals surface area contributed by atoms with Crippen LogP contribution >= 0.6 is 46.0 Å². The van der Waals surface area contributed by atoms with E-state index in [0.29, 0.717) is 38.8 Å². The maximum Gasteiger partial charge on any atom is 0.343 e. The minimum Gasteiger partial charge on any atom is -0.493 e. The van der Waals surface area contributed by atoms with E-state index < -0.39 is 35.5 Å². The van der Waals surface area contributed by atoms with Crippen molar-refractivity contribution in [3.8, 4) is 11.5 Å². The fraction of sp³-hybridized carbons (Fsp3) is 0.296. The molecule has 11 nitrogen and oxygen atoms in total. The molecule has 0 saturated carbocycles. The fourth-order valence-corrected chi connectivity index (χ4v) is 5.25. The highest BCUT2D eigenvalue weighted by atomic mass is 127. The van der Waals surface area contributed by atoms with Crippen molar-refractivity contribution >= 4 is 86.7 Å².